The van der Waals surface area contributed by atoms with Gasteiger partial charge in [-0.1, -0.05) is 12.1 Å². The molecule has 1 aromatic carbocycles. The molecule has 1 aliphatic rings. The molecule has 0 spiro atoms. The van der Waals surface area contributed by atoms with Gasteiger partial charge in [0.1, 0.15) is 5.60 Å². The zero-order valence-electron chi connectivity index (χ0n) is 14.2. The smallest absolute Gasteiger partial charge is 0.444 e. The average molecular weight is 320 g/mol. The Morgan fingerprint density at radius 2 is 1.83 bits per heavy atom. The maximum absolute atomic E-state index is 12.2. The number of rotatable bonds is 2. The predicted octanol–water partition coefficient (Wildman–Crippen LogP) is 0.812. The zero-order valence-corrected chi connectivity index (χ0v) is 14.2. The van der Waals surface area contributed by atoms with Crippen LogP contribution in [-0.2, 0) is 4.74 Å². The fourth-order valence-electron chi connectivity index (χ4n) is 2.67. The fourth-order valence-corrected chi connectivity index (χ4v) is 2.67. The molecule has 2 N–H and O–H groups in total. The van der Waals surface area contributed by atoms with E-state index in [-0.39, 0.29) is 12.1 Å². The molecule has 0 aliphatic carbocycles. The number of hydrogen-bond acceptors (Lipinski definition) is 5. The van der Waals surface area contributed by atoms with Gasteiger partial charge < -0.3 is 24.6 Å². The monoisotopic (exact) mass is 320 g/mol. The van der Waals surface area contributed by atoms with Gasteiger partial charge in [-0.2, -0.15) is 0 Å². The van der Waals surface area contributed by atoms with Crippen LogP contribution in [0.2, 0.25) is 0 Å². The van der Waals surface area contributed by atoms with Gasteiger partial charge in [0.15, 0.2) is 0 Å². The molecule has 0 radical (unpaired) electrons. The van der Waals surface area contributed by atoms with Gasteiger partial charge in [0, 0.05) is 31.4 Å². The van der Waals surface area contributed by atoms with Crippen LogP contribution in [0.25, 0.3) is 0 Å². The molecule has 0 aromatic heterocycles. The topological polar surface area (TPSA) is 73.2 Å². The molecule has 1 unspecified atom stereocenters. The number of ether oxygens (including phenoxy) is 1. The molecule has 126 valence electrons. The van der Waals surface area contributed by atoms with Crippen LogP contribution in [0.1, 0.15) is 27.7 Å². The van der Waals surface area contributed by atoms with Gasteiger partial charge in [-0.3, -0.25) is 0 Å². The van der Waals surface area contributed by atoms with Crippen LogP contribution in [0, 0.1) is 0 Å². The van der Waals surface area contributed by atoms with Crippen LogP contribution in [0.5, 0.6) is 0 Å². The first-order valence-corrected chi connectivity index (χ1v) is 7.88. The third kappa shape index (κ3) is 4.62. The van der Waals surface area contributed by atoms with E-state index in [1.807, 2.05) is 32.9 Å². The van der Waals surface area contributed by atoms with Crippen molar-refractivity contribution >= 4 is 24.4 Å². The Morgan fingerprint density at radius 3 is 2.30 bits per heavy atom. The molecule has 2 rings (SSSR count). The van der Waals surface area contributed by atoms with Crippen molar-refractivity contribution in [3.05, 3.63) is 24.3 Å². The molecular weight excluding hydrogens is 295 g/mol. The lowest BCUT2D eigenvalue weighted by molar-refractivity contribution is 0.0219. The molecule has 1 atom stereocenters. The third-order valence-electron chi connectivity index (χ3n) is 3.80. The van der Waals surface area contributed by atoms with E-state index in [4.69, 9.17) is 14.8 Å². The standard InChI is InChI=1S/C16H25BN2O4/c1-12-11-18(15(20)23-16(2,3)4)9-10-19(12)14-7-5-13(6-8-14)17(21)22/h5-8,12,21-22H,9-11H2,1-4H3. The van der Waals surface area contributed by atoms with E-state index in [1.165, 1.54) is 0 Å². The molecule has 1 fully saturated rings. The molecule has 0 saturated carbocycles. The molecule has 23 heavy (non-hydrogen) atoms. The Kier molecular flexibility index (Phi) is 5.21. The first-order valence-electron chi connectivity index (χ1n) is 7.88. The highest BCUT2D eigenvalue weighted by Gasteiger charge is 2.30. The van der Waals surface area contributed by atoms with Gasteiger partial charge in [0.05, 0.1) is 0 Å². The summed E-state index contributed by atoms with van der Waals surface area (Å²) in [5.41, 5.74) is 0.984. The van der Waals surface area contributed by atoms with Crippen LogP contribution in [0.3, 0.4) is 0 Å². The summed E-state index contributed by atoms with van der Waals surface area (Å²) in [6.07, 6.45) is -0.275. The van der Waals surface area contributed by atoms with Crippen molar-refractivity contribution in [1.82, 2.24) is 4.90 Å². The van der Waals surface area contributed by atoms with Crippen LogP contribution >= 0.6 is 0 Å². The molecule has 0 bridgehead atoms. The van der Waals surface area contributed by atoms with E-state index in [0.717, 1.165) is 5.69 Å². The molecule has 6 nitrogen and oxygen atoms in total. The van der Waals surface area contributed by atoms with Crippen LogP contribution < -0.4 is 10.4 Å². The Labute approximate surface area is 137 Å². The summed E-state index contributed by atoms with van der Waals surface area (Å²) in [6.45, 7) is 9.56. The Balaban J connectivity index is 2.00. The summed E-state index contributed by atoms with van der Waals surface area (Å²) in [4.78, 5) is 16.1. The summed E-state index contributed by atoms with van der Waals surface area (Å²) in [7, 11) is -1.45. The molecular formula is C16H25BN2O4. The lowest BCUT2D eigenvalue weighted by atomic mass is 9.80. The number of carbonyl (C=O) groups excluding carboxylic acids is 1. The Bertz CT molecular complexity index is 542. The maximum Gasteiger partial charge on any atom is 0.488 e. The van der Waals surface area contributed by atoms with Crippen molar-refractivity contribution in [1.29, 1.82) is 0 Å². The van der Waals surface area contributed by atoms with Crippen LogP contribution in [-0.4, -0.2) is 59.4 Å². The van der Waals surface area contributed by atoms with E-state index in [1.54, 1.807) is 17.0 Å². The van der Waals surface area contributed by atoms with Gasteiger partial charge in [-0.15, -0.1) is 0 Å². The Morgan fingerprint density at radius 1 is 1.22 bits per heavy atom. The summed E-state index contributed by atoms with van der Waals surface area (Å²) in [6, 6.07) is 7.30. The van der Waals surface area contributed by atoms with Gasteiger partial charge in [-0.25, -0.2) is 4.79 Å². The van der Waals surface area contributed by atoms with Crippen molar-refractivity contribution < 1.29 is 19.6 Å². The molecule has 1 saturated heterocycles. The summed E-state index contributed by atoms with van der Waals surface area (Å²) in [5.74, 6) is 0. The second-order valence-corrected chi connectivity index (χ2v) is 6.93. The van der Waals surface area contributed by atoms with Crippen molar-refractivity contribution in [3.8, 4) is 0 Å². The number of anilines is 1. The van der Waals surface area contributed by atoms with Gasteiger partial charge >= 0.3 is 13.2 Å². The van der Waals surface area contributed by atoms with Gasteiger partial charge in [0.25, 0.3) is 0 Å². The molecule has 1 heterocycles. The highest BCUT2D eigenvalue weighted by molar-refractivity contribution is 6.58. The van der Waals surface area contributed by atoms with Crippen molar-refractivity contribution in [2.45, 2.75) is 39.3 Å². The van der Waals surface area contributed by atoms with E-state index in [2.05, 4.69) is 11.8 Å². The van der Waals surface area contributed by atoms with Crippen molar-refractivity contribution in [3.63, 3.8) is 0 Å². The second-order valence-electron chi connectivity index (χ2n) is 6.93. The average Bonchev–Trinajstić information content (AvgIpc) is 2.45. The summed E-state index contributed by atoms with van der Waals surface area (Å²) >= 11 is 0. The fraction of sp³-hybridized carbons (Fsp3) is 0.562. The minimum Gasteiger partial charge on any atom is -0.444 e. The van der Waals surface area contributed by atoms with E-state index < -0.39 is 12.7 Å². The SMILES string of the molecule is CC1CN(C(=O)OC(C)(C)C)CCN1c1ccc(B(O)O)cc1. The predicted molar refractivity (Wildman–Crippen MR) is 90.9 cm³/mol. The number of benzene rings is 1. The maximum atomic E-state index is 12.2. The van der Waals surface area contributed by atoms with E-state index in [0.29, 0.717) is 25.1 Å². The van der Waals surface area contributed by atoms with Crippen LogP contribution in [0.15, 0.2) is 24.3 Å². The van der Waals surface area contributed by atoms with Crippen LogP contribution in [0.4, 0.5) is 10.5 Å². The Hall–Kier alpha value is -1.73. The summed E-state index contributed by atoms with van der Waals surface area (Å²) in [5, 5.41) is 18.3. The normalized spacial score (nSPS) is 18.8. The number of hydrogen-bond donors (Lipinski definition) is 2. The molecule has 1 aromatic rings. The third-order valence-corrected chi connectivity index (χ3v) is 3.80. The van der Waals surface area contributed by atoms with Crippen molar-refractivity contribution in [2.75, 3.05) is 24.5 Å². The minimum absolute atomic E-state index is 0.154. The lowest BCUT2D eigenvalue weighted by Gasteiger charge is -2.41. The lowest BCUT2D eigenvalue weighted by Crippen LogP contribution is -2.54. The highest BCUT2D eigenvalue weighted by atomic mass is 16.6. The molecule has 7 heteroatoms. The van der Waals surface area contributed by atoms with Crippen molar-refractivity contribution in [2.24, 2.45) is 0 Å². The highest BCUT2D eigenvalue weighted by Crippen LogP contribution is 2.21. The van der Waals surface area contributed by atoms with E-state index in [9.17, 15) is 4.79 Å². The number of piperazine rings is 1. The van der Waals surface area contributed by atoms with Gasteiger partial charge in [-0.05, 0) is 45.3 Å². The molecule has 1 aliphatic heterocycles. The quantitative estimate of drug-likeness (QED) is 0.789. The van der Waals surface area contributed by atoms with E-state index >= 15 is 0 Å². The number of carbonyl (C=O) groups is 1. The summed E-state index contributed by atoms with van der Waals surface area (Å²) < 4.78 is 5.42. The molecule has 1 amide bonds. The second kappa shape index (κ2) is 6.80. The largest absolute Gasteiger partial charge is 0.488 e. The first-order chi connectivity index (χ1) is 10.7. The minimum atomic E-state index is -1.45. The first kappa shape index (κ1) is 17.6. The number of amides is 1. The zero-order chi connectivity index (χ0) is 17.2. The number of nitrogens with zero attached hydrogens (tertiary/aromatic N) is 2. The van der Waals surface area contributed by atoms with Gasteiger partial charge in [0.2, 0.25) is 0 Å².